The fraction of sp³-hybridized carbons (Fsp3) is 0.714. The summed E-state index contributed by atoms with van der Waals surface area (Å²) >= 11 is 0. The van der Waals surface area contributed by atoms with Crippen LogP contribution < -0.4 is 59.7 Å². The number of nitrogens with one attached hydrogen (secondary N) is 11. The molecular formula is C35H62N16O8. The van der Waals surface area contributed by atoms with Gasteiger partial charge >= 0.3 is 5.97 Å². The minimum Gasteiger partial charge on any atom is -0.480 e. The topological polar surface area (TPSA) is 392 Å². The summed E-state index contributed by atoms with van der Waals surface area (Å²) in [6.45, 7) is 1.21. The van der Waals surface area contributed by atoms with E-state index in [1.807, 2.05) is 0 Å². The van der Waals surface area contributed by atoms with Crippen LogP contribution in [0.2, 0.25) is 0 Å². The molecule has 24 nitrogen and oxygen atoms in total. The van der Waals surface area contributed by atoms with E-state index in [1.165, 1.54) is 9.80 Å². The van der Waals surface area contributed by atoms with Gasteiger partial charge in [-0.05, 0) is 83.6 Å². The molecule has 59 heavy (non-hydrogen) atoms. The van der Waals surface area contributed by atoms with Crippen LogP contribution in [0.5, 0.6) is 0 Å². The van der Waals surface area contributed by atoms with E-state index >= 15 is 0 Å². The summed E-state index contributed by atoms with van der Waals surface area (Å²) in [4.78, 5) is 95.4. The Balaban J connectivity index is 1.68. The van der Waals surface area contributed by atoms with Crippen molar-refractivity contribution in [1.82, 2.24) is 52.3 Å². The van der Waals surface area contributed by atoms with E-state index in [9.17, 15) is 38.7 Å². The fourth-order valence-corrected chi connectivity index (χ4v) is 7.32. The Morgan fingerprint density at radius 1 is 0.627 bits per heavy atom. The second-order valence-corrected chi connectivity index (χ2v) is 14.8. The van der Waals surface area contributed by atoms with Gasteiger partial charge in [0.2, 0.25) is 35.4 Å². The van der Waals surface area contributed by atoms with Crippen molar-refractivity contribution in [2.24, 2.45) is 17.2 Å². The predicted octanol–water partition coefficient (Wildman–Crippen LogP) is -4.83. The van der Waals surface area contributed by atoms with Crippen molar-refractivity contribution in [2.75, 3.05) is 45.8 Å². The Bertz CT molecular complexity index is 1540. The Morgan fingerprint density at radius 3 is 1.66 bits per heavy atom. The van der Waals surface area contributed by atoms with Gasteiger partial charge in [-0.25, -0.2) is 4.79 Å². The molecule has 3 rings (SSSR count). The smallest absolute Gasteiger partial charge is 0.326 e. The average molecular weight is 835 g/mol. The SMILES string of the molecule is N=C(N)NCCC[C@H](NC(=O)[C@H](CCCNC(=N)N)NC(=O)[C@@H]1CCCN1)C(=O)NCC(=O)N1CCC[C@H]1C(=O)N[C@@H](CCCNC(=N)N)C(=O)N1CCC[C@H]1C(=O)O. The molecule has 0 unspecified atom stereocenters. The summed E-state index contributed by atoms with van der Waals surface area (Å²) in [6.07, 6.45) is 4.15. The number of carboxylic acid groups (broad SMARTS) is 1. The van der Waals surface area contributed by atoms with Crippen molar-refractivity contribution in [3.8, 4) is 0 Å². The molecule has 3 heterocycles. The molecule has 0 spiro atoms. The summed E-state index contributed by atoms with van der Waals surface area (Å²) in [5.41, 5.74) is 16.1. The molecule has 3 aliphatic rings. The van der Waals surface area contributed by atoms with Crippen molar-refractivity contribution in [3.63, 3.8) is 0 Å². The van der Waals surface area contributed by atoms with Gasteiger partial charge in [-0.2, -0.15) is 0 Å². The van der Waals surface area contributed by atoms with E-state index in [0.29, 0.717) is 38.6 Å². The number of rotatable bonds is 23. The third kappa shape index (κ3) is 15.7. The lowest BCUT2D eigenvalue weighted by Crippen LogP contribution is -2.57. The largest absolute Gasteiger partial charge is 0.480 e. The van der Waals surface area contributed by atoms with Gasteiger partial charge < -0.3 is 74.6 Å². The lowest BCUT2D eigenvalue weighted by Gasteiger charge is -2.30. The lowest BCUT2D eigenvalue weighted by molar-refractivity contribution is -0.149. The Labute approximate surface area is 342 Å². The maximum absolute atomic E-state index is 13.7. The van der Waals surface area contributed by atoms with Crippen molar-refractivity contribution in [3.05, 3.63) is 0 Å². The number of guanidine groups is 3. The number of hydrogen-bond acceptors (Lipinski definition) is 11. The molecule has 3 aliphatic heterocycles. The summed E-state index contributed by atoms with van der Waals surface area (Å²) in [5, 5.41) is 53.5. The number of nitrogens with zero attached hydrogens (tertiary/aromatic N) is 2. The van der Waals surface area contributed by atoms with Gasteiger partial charge in [0.05, 0.1) is 12.6 Å². The summed E-state index contributed by atoms with van der Waals surface area (Å²) < 4.78 is 0. The number of hydrogen-bond donors (Lipinski definition) is 15. The molecule has 0 aromatic heterocycles. The average Bonchev–Trinajstić information content (AvgIpc) is 3.99. The molecule has 0 aromatic rings. The molecule has 0 bridgehead atoms. The molecule has 0 saturated carbocycles. The van der Waals surface area contributed by atoms with E-state index in [4.69, 9.17) is 33.4 Å². The highest BCUT2D eigenvalue weighted by molar-refractivity contribution is 5.96. The molecule has 6 atom stereocenters. The monoisotopic (exact) mass is 834 g/mol. The van der Waals surface area contributed by atoms with Crippen LogP contribution in [0.3, 0.4) is 0 Å². The van der Waals surface area contributed by atoms with Crippen LogP contribution in [-0.4, -0.2) is 156 Å². The van der Waals surface area contributed by atoms with Crippen LogP contribution in [0.4, 0.5) is 0 Å². The Hall–Kier alpha value is -5.94. The highest BCUT2D eigenvalue weighted by Crippen LogP contribution is 2.21. The molecule has 6 amide bonds. The van der Waals surface area contributed by atoms with E-state index in [-0.39, 0.29) is 95.0 Å². The summed E-state index contributed by atoms with van der Waals surface area (Å²) in [7, 11) is 0. The zero-order valence-electron chi connectivity index (χ0n) is 33.3. The molecular weight excluding hydrogens is 772 g/mol. The first-order valence-corrected chi connectivity index (χ1v) is 20.1. The van der Waals surface area contributed by atoms with Gasteiger partial charge in [0.15, 0.2) is 17.9 Å². The highest BCUT2D eigenvalue weighted by atomic mass is 16.4. The van der Waals surface area contributed by atoms with Crippen LogP contribution in [0.1, 0.15) is 77.0 Å². The summed E-state index contributed by atoms with van der Waals surface area (Å²) in [5.74, 6) is -5.45. The normalized spacial score (nSPS) is 20.0. The molecule has 18 N–H and O–H groups in total. The maximum atomic E-state index is 13.7. The standard InChI is InChI=1S/C35H62N16O8/c36-33(37)43-14-2-8-21(47-29(55)22(9-3-15-44-34(38)39)48-28(54)20-7-1-13-42-20)27(53)46-19-26(52)50-17-5-11-24(50)30(56)49-23(10-4-16-45-35(40)41)31(57)51-18-6-12-25(51)32(58)59/h20-25,42H,1-19H2,(H,46,53)(H,47,55)(H,48,54)(H,49,56)(H,58,59)(H4,36,37,43)(H4,38,39,44)(H4,40,41,45)/t20-,21-,22-,23-,24-,25-/m0/s1. The number of amides is 6. The second-order valence-electron chi connectivity index (χ2n) is 14.8. The van der Waals surface area contributed by atoms with Crippen LogP contribution in [0.25, 0.3) is 0 Å². The van der Waals surface area contributed by atoms with Gasteiger partial charge in [0.25, 0.3) is 0 Å². The van der Waals surface area contributed by atoms with Crippen LogP contribution >= 0.6 is 0 Å². The van der Waals surface area contributed by atoms with Gasteiger partial charge in [-0.15, -0.1) is 0 Å². The van der Waals surface area contributed by atoms with Gasteiger partial charge in [0, 0.05) is 32.7 Å². The zero-order valence-corrected chi connectivity index (χ0v) is 33.3. The minimum absolute atomic E-state index is 0.0641. The number of likely N-dealkylation sites (tertiary alicyclic amines) is 2. The number of aliphatic carboxylic acids is 1. The third-order valence-electron chi connectivity index (χ3n) is 10.3. The molecule has 3 saturated heterocycles. The predicted molar refractivity (Wildman–Crippen MR) is 214 cm³/mol. The highest BCUT2D eigenvalue weighted by Gasteiger charge is 2.40. The van der Waals surface area contributed by atoms with Gasteiger partial charge in [-0.3, -0.25) is 45.0 Å². The van der Waals surface area contributed by atoms with E-state index < -0.39 is 78.3 Å². The molecule has 3 fully saturated rings. The maximum Gasteiger partial charge on any atom is 0.326 e. The van der Waals surface area contributed by atoms with Gasteiger partial charge in [-0.1, -0.05) is 0 Å². The van der Waals surface area contributed by atoms with Crippen molar-refractivity contribution in [1.29, 1.82) is 16.2 Å². The zero-order chi connectivity index (χ0) is 43.5. The first kappa shape index (κ1) is 47.4. The third-order valence-corrected chi connectivity index (χ3v) is 10.3. The molecule has 0 aromatic carbocycles. The second kappa shape index (κ2) is 24.1. The minimum atomic E-state index is -1.18. The van der Waals surface area contributed by atoms with Crippen molar-refractivity contribution in [2.45, 2.75) is 113 Å². The first-order chi connectivity index (χ1) is 28.1. The molecule has 24 heteroatoms. The fourth-order valence-electron chi connectivity index (χ4n) is 7.32. The molecule has 0 radical (unpaired) electrons. The van der Waals surface area contributed by atoms with Crippen molar-refractivity contribution >= 4 is 59.3 Å². The van der Waals surface area contributed by atoms with E-state index in [0.717, 1.165) is 6.42 Å². The van der Waals surface area contributed by atoms with Crippen LogP contribution in [0, 0.1) is 16.2 Å². The van der Waals surface area contributed by atoms with Gasteiger partial charge in [0.1, 0.15) is 30.2 Å². The first-order valence-electron chi connectivity index (χ1n) is 20.1. The van der Waals surface area contributed by atoms with Crippen LogP contribution in [-0.2, 0) is 33.6 Å². The molecule has 0 aliphatic carbocycles. The van der Waals surface area contributed by atoms with Crippen LogP contribution in [0.15, 0.2) is 0 Å². The quantitative estimate of drug-likeness (QED) is 0.0261. The number of nitrogens with two attached hydrogens (primary N) is 3. The number of carbonyl (C=O) groups excluding carboxylic acids is 6. The van der Waals surface area contributed by atoms with E-state index in [2.05, 4.69) is 42.5 Å². The van der Waals surface area contributed by atoms with E-state index in [1.54, 1.807) is 0 Å². The summed E-state index contributed by atoms with van der Waals surface area (Å²) in [6, 6.07) is -5.82. The number of carboxylic acids is 1. The Kier molecular flexibility index (Phi) is 19.4. The Morgan fingerprint density at radius 2 is 1.14 bits per heavy atom. The lowest BCUT2D eigenvalue weighted by atomic mass is 10.1. The molecule has 330 valence electrons. The number of carbonyl (C=O) groups is 7. The van der Waals surface area contributed by atoms with Crippen molar-refractivity contribution < 1.29 is 38.7 Å².